The van der Waals surface area contributed by atoms with Crippen molar-refractivity contribution in [1.82, 2.24) is 0 Å². The second-order valence-electron chi connectivity index (χ2n) is 4.71. The largest absolute Gasteiger partial charge is 0.511 e. The van der Waals surface area contributed by atoms with Gasteiger partial charge in [0.05, 0.1) is 0 Å². The SMILES string of the molecule is CCCCO[P+](=O)[C@@H]1C[C@H]2CC[C@H]1C2. The first kappa shape index (κ1) is 10.6. The van der Waals surface area contributed by atoms with Crippen LogP contribution in [-0.4, -0.2) is 12.3 Å². The second-order valence-corrected chi connectivity index (χ2v) is 6.21. The van der Waals surface area contributed by atoms with E-state index < -0.39 is 8.03 Å². The van der Waals surface area contributed by atoms with Gasteiger partial charge in [-0.1, -0.05) is 13.3 Å². The molecule has 2 rings (SSSR count). The molecule has 0 N–H and O–H groups in total. The lowest BCUT2D eigenvalue weighted by molar-refractivity contribution is 0.305. The topological polar surface area (TPSA) is 26.3 Å². The standard InChI is InChI=1S/C11H20O2P/c1-2-3-6-13-14(12)11-8-9-4-5-10(11)7-9/h9-11H,2-8H2,1H3/q+1/t9-,10-,11+/m0/s1. The Balaban J connectivity index is 1.75. The van der Waals surface area contributed by atoms with E-state index >= 15 is 0 Å². The molecule has 0 aromatic heterocycles. The number of rotatable bonds is 5. The van der Waals surface area contributed by atoms with Gasteiger partial charge in [0.1, 0.15) is 6.61 Å². The maximum Gasteiger partial charge on any atom is 0.511 e. The van der Waals surface area contributed by atoms with E-state index in [0.29, 0.717) is 12.3 Å². The van der Waals surface area contributed by atoms with E-state index in [-0.39, 0.29) is 0 Å². The Bertz CT molecular complexity index is 217. The minimum Gasteiger partial charge on any atom is -0.146 e. The number of hydrogen-bond acceptors (Lipinski definition) is 2. The number of fused-ring (bicyclic) bond motifs is 2. The Kier molecular flexibility index (Phi) is 3.57. The van der Waals surface area contributed by atoms with Crippen LogP contribution in [0.2, 0.25) is 0 Å². The van der Waals surface area contributed by atoms with Crippen LogP contribution in [0.4, 0.5) is 0 Å². The first-order valence-corrected chi connectivity index (χ1v) is 7.15. The minimum absolute atomic E-state index is 0.403. The molecular weight excluding hydrogens is 195 g/mol. The molecule has 4 atom stereocenters. The van der Waals surface area contributed by atoms with Crippen molar-refractivity contribution in [2.75, 3.05) is 6.61 Å². The van der Waals surface area contributed by atoms with Gasteiger partial charge in [-0.05, 0) is 36.2 Å². The lowest BCUT2D eigenvalue weighted by Crippen LogP contribution is -2.13. The third-order valence-electron chi connectivity index (χ3n) is 3.69. The van der Waals surface area contributed by atoms with Gasteiger partial charge in [0.2, 0.25) is 0 Å². The molecule has 2 bridgehead atoms. The van der Waals surface area contributed by atoms with E-state index in [2.05, 4.69) is 6.92 Å². The van der Waals surface area contributed by atoms with Gasteiger partial charge in [0, 0.05) is 12.3 Å². The summed E-state index contributed by atoms with van der Waals surface area (Å²) in [6.07, 6.45) is 7.34. The monoisotopic (exact) mass is 215 g/mol. The summed E-state index contributed by atoms with van der Waals surface area (Å²) in [5.74, 6) is 1.60. The highest BCUT2D eigenvalue weighted by Crippen LogP contribution is 2.54. The van der Waals surface area contributed by atoms with Crippen LogP contribution in [0.25, 0.3) is 0 Å². The Morgan fingerprint density at radius 2 is 2.21 bits per heavy atom. The van der Waals surface area contributed by atoms with Crippen molar-refractivity contribution in [2.45, 2.75) is 51.1 Å². The van der Waals surface area contributed by atoms with Crippen LogP contribution < -0.4 is 0 Å². The smallest absolute Gasteiger partial charge is 0.146 e. The predicted molar refractivity (Wildman–Crippen MR) is 57.7 cm³/mol. The second kappa shape index (κ2) is 4.72. The first-order chi connectivity index (χ1) is 6.81. The van der Waals surface area contributed by atoms with E-state index in [1.54, 1.807) is 0 Å². The van der Waals surface area contributed by atoms with Crippen LogP contribution in [0.5, 0.6) is 0 Å². The fourth-order valence-corrected chi connectivity index (χ4v) is 4.45. The maximum atomic E-state index is 11.8. The quantitative estimate of drug-likeness (QED) is 0.516. The summed E-state index contributed by atoms with van der Waals surface area (Å²) in [5, 5.41) is 0. The zero-order chi connectivity index (χ0) is 9.97. The summed E-state index contributed by atoms with van der Waals surface area (Å²) < 4.78 is 17.3. The van der Waals surface area contributed by atoms with Crippen LogP contribution in [0.1, 0.15) is 45.4 Å². The summed E-state index contributed by atoms with van der Waals surface area (Å²) >= 11 is 0. The van der Waals surface area contributed by atoms with Crippen molar-refractivity contribution in [2.24, 2.45) is 11.8 Å². The molecule has 0 amide bonds. The Morgan fingerprint density at radius 3 is 2.79 bits per heavy atom. The van der Waals surface area contributed by atoms with Gasteiger partial charge in [-0.3, -0.25) is 0 Å². The van der Waals surface area contributed by atoms with Crippen molar-refractivity contribution in [1.29, 1.82) is 0 Å². The molecule has 2 saturated carbocycles. The third kappa shape index (κ3) is 2.17. The van der Waals surface area contributed by atoms with Crippen LogP contribution in [0, 0.1) is 11.8 Å². The lowest BCUT2D eigenvalue weighted by atomic mass is 10.0. The van der Waals surface area contributed by atoms with Gasteiger partial charge in [-0.15, -0.1) is 4.52 Å². The fourth-order valence-electron chi connectivity index (χ4n) is 2.86. The van der Waals surface area contributed by atoms with Crippen LogP contribution in [0.15, 0.2) is 0 Å². The molecule has 0 aliphatic heterocycles. The van der Waals surface area contributed by atoms with Gasteiger partial charge in [0.15, 0.2) is 5.66 Å². The molecule has 2 aliphatic carbocycles. The summed E-state index contributed by atoms with van der Waals surface area (Å²) in [7, 11) is -1.36. The van der Waals surface area contributed by atoms with Crippen LogP contribution in [0.3, 0.4) is 0 Å². The normalized spacial score (nSPS) is 36.4. The molecule has 1 unspecified atom stereocenters. The summed E-state index contributed by atoms with van der Waals surface area (Å²) in [6.45, 7) is 2.83. The molecule has 80 valence electrons. The summed E-state index contributed by atoms with van der Waals surface area (Å²) in [4.78, 5) is 0. The molecular formula is C11H20O2P+. The average Bonchev–Trinajstić information content (AvgIpc) is 2.79. The Hall–Kier alpha value is 0.0600. The van der Waals surface area contributed by atoms with Gasteiger partial charge < -0.3 is 0 Å². The molecule has 3 heteroatoms. The van der Waals surface area contributed by atoms with Crippen LogP contribution in [-0.2, 0) is 9.09 Å². The highest BCUT2D eigenvalue weighted by Gasteiger charge is 2.50. The van der Waals surface area contributed by atoms with Crippen molar-refractivity contribution in [3.8, 4) is 0 Å². The van der Waals surface area contributed by atoms with Gasteiger partial charge >= 0.3 is 8.03 Å². The molecule has 2 nitrogen and oxygen atoms in total. The maximum absolute atomic E-state index is 11.8. The molecule has 0 aromatic carbocycles. The van der Waals surface area contributed by atoms with Crippen LogP contribution >= 0.6 is 8.03 Å². The highest BCUT2D eigenvalue weighted by molar-refractivity contribution is 7.40. The Morgan fingerprint density at radius 1 is 1.36 bits per heavy atom. The average molecular weight is 215 g/mol. The van der Waals surface area contributed by atoms with E-state index in [4.69, 9.17) is 4.52 Å². The molecule has 2 fully saturated rings. The molecule has 2 aliphatic rings. The van der Waals surface area contributed by atoms with Crippen molar-refractivity contribution in [3.05, 3.63) is 0 Å². The predicted octanol–water partition coefficient (Wildman–Crippen LogP) is 3.73. The summed E-state index contributed by atoms with van der Waals surface area (Å²) in [5.41, 5.74) is 0.403. The van der Waals surface area contributed by atoms with Gasteiger partial charge in [0.25, 0.3) is 0 Å². The first-order valence-electron chi connectivity index (χ1n) is 5.90. The fraction of sp³-hybridized carbons (Fsp3) is 1.00. The molecule has 0 saturated heterocycles. The number of hydrogen-bond donors (Lipinski definition) is 0. The molecule has 14 heavy (non-hydrogen) atoms. The van der Waals surface area contributed by atoms with Crippen molar-refractivity contribution >= 4 is 8.03 Å². The van der Waals surface area contributed by atoms with Gasteiger partial charge in [-0.25, -0.2) is 0 Å². The van der Waals surface area contributed by atoms with E-state index in [1.165, 1.54) is 25.7 Å². The number of unbranched alkanes of at least 4 members (excludes halogenated alkanes) is 1. The summed E-state index contributed by atoms with van der Waals surface area (Å²) in [6, 6.07) is 0. The lowest BCUT2D eigenvalue weighted by Gasteiger charge is -2.11. The molecule has 0 heterocycles. The van der Waals surface area contributed by atoms with E-state index in [0.717, 1.165) is 24.7 Å². The van der Waals surface area contributed by atoms with Crippen molar-refractivity contribution < 1.29 is 9.09 Å². The molecule has 0 radical (unpaired) electrons. The van der Waals surface area contributed by atoms with Crippen molar-refractivity contribution in [3.63, 3.8) is 0 Å². The minimum atomic E-state index is -1.36. The van der Waals surface area contributed by atoms with Gasteiger partial charge in [-0.2, -0.15) is 0 Å². The van der Waals surface area contributed by atoms with E-state index in [9.17, 15) is 4.57 Å². The van der Waals surface area contributed by atoms with E-state index in [1.807, 2.05) is 0 Å². The zero-order valence-electron chi connectivity index (χ0n) is 8.95. The third-order valence-corrected chi connectivity index (χ3v) is 5.30. The molecule has 0 spiro atoms. The molecule has 0 aromatic rings. The Labute approximate surface area is 87.3 Å². The highest BCUT2D eigenvalue weighted by atomic mass is 31.1. The zero-order valence-corrected chi connectivity index (χ0v) is 9.84.